The summed E-state index contributed by atoms with van der Waals surface area (Å²) in [5.74, 6) is 0.683. The van der Waals surface area contributed by atoms with Crippen LogP contribution in [0, 0.1) is 0 Å². The quantitative estimate of drug-likeness (QED) is 0.809. The van der Waals surface area contributed by atoms with Crippen molar-refractivity contribution >= 4 is 15.9 Å². The Morgan fingerprint density at radius 1 is 1.00 bits per heavy atom. The maximum Gasteiger partial charge on any atom is 0.0917 e. The Kier molecular flexibility index (Phi) is 4.75. The van der Waals surface area contributed by atoms with Crippen molar-refractivity contribution in [3.05, 3.63) is 70.2 Å². The van der Waals surface area contributed by atoms with Gasteiger partial charge in [0.1, 0.15) is 0 Å². The maximum atomic E-state index is 10.7. The number of rotatable bonds is 4. The van der Waals surface area contributed by atoms with Gasteiger partial charge in [-0.05, 0) is 54.9 Å². The molecule has 2 fully saturated rings. The highest BCUT2D eigenvalue weighted by Crippen LogP contribution is 2.43. The molecular weight excluding hydrogens is 362 g/mol. The third-order valence-corrected chi connectivity index (χ3v) is 6.27. The number of halogens is 1. The summed E-state index contributed by atoms with van der Waals surface area (Å²) >= 11 is 3.50. The predicted molar refractivity (Wildman–Crippen MR) is 101 cm³/mol. The second kappa shape index (κ2) is 6.99. The van der Waals surface area contributed by atoms with E-state index in [-0.39, 0.29) is 0 Å². The summed E-state index contributed by atoms with van der Waals surface area (Å²) in [4.78, 5) is 2.57. The van der Waals surface area contributed by atoms with Gasteiger partial charge in [-0.15, -0.1) is 0 Å². The molecule has 2 aromatic carbocycles. The molecule has 0 spiro atoms. The van der Waals surface area contributed by atoms with Crippen molar-refractivity contribution < 1.29 is 5.11 Å². The van der Waals surface area contributed by atoms with Crippen LogP contribution in [0.3, 0.4) is 0 Å². The normalized spacial score (nSPS) is 28.0. The van der Waals surface area contributed by atoms with Crippen LogP contribution >= 0.6 is 15.9 Å². The topological polar surface area (TPSA) is 23.5 Å². The number of hydrogen-bond acceptors (Lipinski definition) is 2. The van der Waals surface area contributed by atoms with Gasteiger partial charge in [0, 0.05) is 23.1 Å². The highest BCUT2D eigenvalue weighted by Gasteiger charge is 2.41. The molecule has 0 amide bonds. The van der Waals surface area contributed by atoms with Gasteiger partial charge in [0.15, 0.2) is 0 Å². The smallest absolute Gasteiger partial charge is 0.0917 e. The lowest BCUT2D eigenvalue weighted by molar-refractivity contribution is 0.0557. The summed E-state index contributed by atoms with van der Waals surface area (Å²) in [5.41, 5.74) is 2.50. The van der Waals surface area contributed by atoms with E-state index < -0.39 is 6.10 Å². The molecule has 0 aliphatic carbocycles. The molecule has 0 aromatic heterocycles. The Balaban J connectivity index is 1.45. The Bertz CT molecular complexity index is 675. The van der Waals surface area contributed by atoms with Gasteiger partial charge < -0.3 is 5.11 Å². The molecule has 4 rings (SSSR count). The van der Waals surface area contributed by atoms with Gasteiger partial charge in [0.05, 0.1) is 6.10 Å². The summed E-state index contributed by atoms with van der Waals surface area (Å²) in [6.45, 7) is 0.757. The number of nitrogens with zero attached hydrogens (tertiary/aromatic N) is 1. The van der Waals surface area contributed by atoms with E-state index in [1.165, 1.54) is 31.2 Å². The van der Waals surface area contributed by atoms with E-state index in [1.54, 1.807) is 0 Å². The van der Waals surface area contributed by atoms with Crippen LogP contribution in [-0.4, -0.2) is 28.6 Å². The van der Waals surface area contributed by atoms with Crippen LogP contribution in [0.4, 0.5) is 0 Å². The molecule has 24 heavy (non-hydrogen) atoms. The van der Waals surface area contributed by atoms with Crippen LogP contribution in [0.15, 0.2) is 59.1 Å². The molecule has 3 heteroatoms. The Morgan fingerprint density at radius 3 is 2.38 bits per heavy atom. The first kappa shape index (κ1) is 16.3. The molecule has 1 N–H and O–H groups in total. The summed E-state index contributed by atoms with van der Waals surface area (Å²) in [7, 11) is 0. The van der Waals surface area contributed by atoms with E-state index in [9.17, 15) is 5.11 Å². The molecule has 4 atom stereocenters. The van der Waals surface area contributed by atoms with E-state index in [4.69, 9.17) is 0 Å². The van der Waals surface area contributed by atoms with Crippen molar-refractivity contribution in [2.45, 2.75) is 49.8 Å². The first-order valence-corrected chi connectivity index (χ1v) is 9.74. The van der Waals surface area contributed by atoms with Crippen LogP contribution in [0.1, 0.15) is 48.8 Å². The Labute approximate surface area is 152 Å². The molecule has 2 saturated heterocycles. The van der Waals surface area contributed by atoms with E-state index in [2.05, 4.69) is 51.2 Å². The molecule has 2 heterocycles. The van der Waals surface area contributed by atoms with Gasteiger partial charge in [-0.3, -0.25) is 4.90 Å². The van der Waals surface area contributed by atoms with E-state index in [1.807, 2.05) is 24.3 Å². The molecule has 2 nitrogen and oxygen atoms in total. The first-order valence-electron chi connectivity index (χ1n) is 8.95. The third-order valence-electron chi connectivity index (χ3n) is 5.77. The molecule has 0 saturated carbocycles. The lowest BCUT2D eigenvalue weighted by atomic mass is 9.85. The number of fused-ring (bicyclic) bond motifs is 2. The summed E-state index contributed by atoms with van der Waals surface area (Å²) in [5, 5.41) is 10.7. The van der Waals surface area contributed by atoms with E-state index in [0.29, 0.717) is 18.0 Å². The Hall–Kier alpha value is -1.16. The fourth-order valence-corrected chi connectivity index (χ4v) is 5.01. The van der Waals surface area contributed by atoms with E-state index >= 15 is 0 Å². The van der Waals surface area contributed by atoms with Crippen LogP contribution < -0.4 is 0 Å². The summed E-state index contributed by atoms with van der Waals surface area (Å²) in [6.07, 6.45) is 4.61. The molecule has 2 aliphatic rings. The predicted octanol–water partition coefficient (Wildman–Crippen LogP) is 4.89. The zero-order valence-corrected chi connectivity index (χ0v) is 15.4. The first-order chi connectivity index (χ1) is 11.7. The minimum atomic E-state index is -0.404. The average Bonchev–Trinajstić information content (AvgIpc) is 2.83. The number of aliphatic hydroxyl groups excluding tert-OH is 1. The number of piperidine rings is 1. The second-order valence-electron chi connectivity index (χ2n) is 7.23. The highest BCUT2D eigenvalue weighted by atomic mass is 79.9. The SMILES string of the molecule is OC(CN1[C@@H]2CC[C@H]1CC(c1ccccc1)C2)c1cccc(Br)c1. The van der Waals surface area contributed by atoms with Crippen molar-refractivity contribution in [2.75, 3.05) is 6.54 Å². The highest BCUT2D eigenvalue weighted by molar-refractivity contribution is 9.10. The lowest BCUT2D eigenvalue weighted by Crippen LogP contribution is -2.44. The average molecular weight is 386 g/mol. The van der Waals surface area contributed by atoms with Crippen molar-refractivity contribution in [1.82, 2.24) is 4.90 Å². The van der Waals surface area contributed by atoms with Crippen LogP contribution in [0.25, 0.3) is 0 Å². The van der Waals surface area contributed by atoms with Crippen LogP contribution in [0.2, 0.25) is 0 Å². The van der Waals surface area contributed by atoms with Crippen molar-refractivity contribution in [1.29, 1.82) is 0 Å². The van der Waals surface area contributed by atoms with Gasteiger partial charge in [-0.25, -0.2) is 0 Å². The minimum absolute atomic E-state index is 0.404. The number of benzene rings is 2. The van der Waals surface area contributed by atoms with Gasteiger partial charge in [0.2, 0.25) is 0 Å². The second-order valence-corrected chi connectivity index (χ2v) is 8.15. The zero-order valence-electron chi connectivity index (χ0n) is 13.8. The van der Waals surface area contributed by atoms with Crippen molar-refractivity contribution in [2.24, 2.45) is 0 Å². The van der Waals surface area contributed by atoms with Gasteiger partial charge in [-0.1, -0.05) is 58.4 Å². The largest absolute Gasteiger partial charge is 0.387 e. The zero-order chi connectivity index (χ0) is 16.5. The van der Waals surface area contributed by atoms with Crippen molar-refractivity contribution in [3.63, 3.8) is 0 Å². The van der Waals surface area contributed by atoms with Gasteiger partial charge in [0.25, 0.3) is 0 Å². The van der Waals surface area contributed by atoms with Crippen molar-refractivity contribution in [3.8, 4) is 0 Å². The van der Waals surface area contributed by atoms with Crippen LogP contribution in [-0.2, 0) is 0 Å². The third kappa shape index (κ3) is 3.30. The Morgan fingerprint density at radius 2 is 1.71 bits per heavy atom. The van der Waals surface area contributed by atoms with Gasteiger partial charge >= 0.3 is 0 Å². The fourth-order valence-electron chi connectivity index (χ4n) is 4.59. The molecular formula is C21H24BrNO. The molecule has 2 aliphatic heterocycles. The van der Waals surface area contributed by atoms with E-state index in [0.717, 1.165) is 16.6 Å². The maximum absolute atomic E-state index is 10.7. The monoisotopic (exact) mass is 385 g/mol. The summed E-state index contributed by atoms with van der Waals surface area (Å²) < 4.78 is 1.03. The number of aliphatic hydroxyl groups is 1. The molecule has 126 valence electrons. The molecule has 2 aromatic rings. The molecule has 2 bridgehead atoms. The fraction of sp³-hybridized carbons (Fsp3) is 0.429. The minimum Gasteiger partial charge on any atom is -0.387 e. The lowest BCUT2D eigenvalue weighted by Gasteiger charge is -2.40. The van der Waals surface area contributed by atoms with Crippen LogP contribution in [0.5, 0.6) is 0 Å². The standard InChI is InChI=1S/C21H24BrNO/c22-18-8-4-7-16(11-18)21(24)14-23-19-9-10-20(23)13-17(12-19)15-5-2-1-3-6-15/h1-8,11,17,19-21,24H,9-10,12-14H2/t17?,19-,20+,21?. The molecule has 2 unspecified atom stereocenters. The molecule has 0 radical (unpaired) electrons. The summed E-state index contributed by atoms with van der Waals surface area (Å²) in [6, 6.07) is 20.3. The number of hydrogen-bond donors (Lipinski definition) is 1. The van der Waals surface area contributed by atoms with Gasteiger partial charge in [-0.2, -0.15) is 0 Å².